The van der Waals surface area contributed by atoms with Gasteiger partial charge in [0.1, 0.15) is 11.9 Å². The standard InChI is InChI=1S/C17H13ClF3NO2/c18-14-9(2-1-3-12(14)19)8-22-7-6-10-11(16(22)17(23)24)4-5-13(20)15(10)21/h1-5,16H,6-8H2,(H,23,24). The molecule has 0 aromatic heterocycles. The van der Waals surface area contributed by atoms with Crippen LogP contribution >= 0.6 is 11.6 Å². The third-order valence-electron chi connectivity index (χ3n) is 4.18. The summed E-state index contributed by atoms with van der Waals surface area (Å²) < 4.78 is 40.9. The van der Waals surface area contributed by atoms with Crippen molar-refractivity contribution in [2.24, 2.45) is 0 Å². The molecule has 0 fully saturated rings. The Labute approximate surface area is 141 Å². The molecule has 1 atom stereocenters. The lowest BCUT2D eigenvalue weighted by molar-refractivity contribution is -0.144. The molecule has 0 bridgehead atoms. The van der Waals surface area contributed by atoms with Gasteiger partial charge in [0.25, 0.3) is 0 Å². The lowest BCUT2D eigenvalue weighted by Gasteiger charge is -2.35. The number of rotatable bonds is 3. The van der Waals surface area contributed by atoms with Gasteiger partial charge in [-0.2, -0.15) is 0 Å². The second-order valence-electron chi connectivity index (χ2n) is 5.60. The first-order valence-corrected chi connectivity index (χ1v) is 7.64. The molecule has 2 aromatic carbocycles. The number of carboxylic acid groups (broad SMARTS) is 1. The largest absolute Gasteiger partial charge is 0.480 e. The minimum Gasteiger partial charge on any atom is -0.480 e. The second kappa shape index (κ2) is 6.45. The van der Waals surface area contributed by atoms with Crippen LogP contribution in [0, 0.1) is 17.5 Å². The fraction of sp³-hybridized carbons (Fsp3) is 0.235. The van der Waals surface area contributed by atoms with Crippen molar-refractivity contribution in [2.75, 3.05) is 6.54 Å². The van der Waals surface area contributed by atoms with E-state index in [-0.39, 0.29) is 35.7 Å². The molecule has 24 heavy (non-hydrogen) atoms. The third kappa shape index (κ3) is 2.87. The highest BCUT2D eigenvalue weighted by Gasteiger charge is 2.35. The molecular weight excluding hydrogens is 343 g/mol. The zero-order valence-corrected chi connectivity index (χ0v) is 13.2. The van der Waals surface area contributed by atoms with Crippen molar-refractivity contribution in [3.63, 3.8) is 0 Å². The summed E-state index contributed by atoms with van der Waals surface area (Å²) in [4.78, 5) is 13.3. The van der Waals surface area contributed by atoms with Gasteiger partial charge in [0.2, 0.25) is 0 Å². The molecule has 1 N–H and O–H groups in total. The van der Waals surface area contributed by atoms with Crippen LogP contribution in [-0.4, -0.2) is 22.5 Å². The Morgan fingerprint density at radius 1 is 1.21 bits per heavy atom. The fourth-order valence-corrected chi connectivity index (χ4v) is 3.23. The van der Waals surface area contributed by atoms with Crippen LogP contribution in [0.5, 0.6) is 0 Å². The molecule has 0 aliphatic carbocycles. The van der Waals surface area contributed by atoms with E-state index in [4.69, 9.17) is 11.6 Å². The number of aliphatic carboxylic acids is 1. The summed E-state index contributed by atoms with van der Waals surface area (Å²) in [6.07, 6.45) is 0.162. The van der Waals surface area contributed by atoms with Crippen LogP contribution in [0.1, 0.15) is 22.7 Å². The predicted molar refractivity (Wildman–Crippen MR) is 82.3 cm³/mol. The molecule has 0 saturated carbocycles. The SMILES string of the molecule is O=C(O)C1c2ccc(F)c(F)c2CCN1Cc1cccc(F)c1Cl. The quantitative estimate of drug-likeness (QED) is 0.906. The maximum atomic E-state index is 13.9. The molecule has 0 saturated heterocycles. The maximum absolute atomic E-state index is 13.9. The monoisotopic (exact) mass is 355 g/mol. The first-order chi connectivity index (χ1) is 11.4. The van der Waals surface area contributed by atoms with Crippen LogP contribution < -0.4 is 0 Å². The average molecular weight is 356 g/mol. The van der Waals surface area contributed by atoms with Crippen molar-refractivity contribution in [3.05, 3.63) is 69.5 Å². The van der Waals surface area contributed by atoms with Crippen molar-refractivity contribution in [2.45, 2.75) is 19.0 Å². The van der Waals surface area contributed by atoms with Crippen LogP contribution in [0.4, 0.5) is 13.2 Å². The topological polar surface area (TPSA) is 40.5 Å². The van der Waals surface area contributed by atoms with Crippen LogP contribution in [0.2, 0.25) is 5.02 Å². The van der Waals surface area contributed by atoms with E-state index in [1.807, 2.05) is 0 Å². The number of nitrogens with zero attached hydrogens (tertiary/aromatic N) is 1. The van der Waals surface area contributed by atoms with Crippen molar-refractivity contribution >= 4 is 17.6 Å². The molecule has 3 rings (SSSR count). The normalized spacial score (nSPS) is 17.6. The molecule has 3 nitrogen and oxygen atoms in total. The van der Waals surface area contributed by atoms with Gasteiger partial charge in [-0.25, -0.2) is 13.2 Å². The van der Waals surface area contributed by atoms with Gasteiger partial charge >= 0.3 is 5.97 Å². The number of halogens is 4. The molecule has 1 unspecified atom stereocenters. The number of fused-ring (bicyclic) bond motifs is 1. The Morgan fingerprint density at radius 3 is 2.67 bits per heavy atom. The third-order valence-corrected chi connectivity index (χ3v) is 4.60. The molecule has 0 amide bonds. The summed E-state index contributed by atoms with van der Waals surface area (Å²) >= 11 is 5.93. The zero-order chi connectivity index (χ0) is 17.4. The summed E-state index contributed by atoms with van der Waals surface area (Å²) in [6, 6.07) is 5.35. The van der Waals surface area contributed by atoms with Gasteiger partial charge in [0.15, 0.2) is 11.6 Å². The minimum absolute atomic E-state index is 0.0716. The van der Waals surface area contributed by atoms with E-state index in [0.717, 1.165) is 6.07 Å². The maximum Gasteiger partial charge on any atom is 0.325 e. The summed E-state index contributed by atoms with van der Waals surface area (Å²) in [5.74, 6) is -3.79. The van der Waals surface area contributed by atoms with Gasteiger partial charge < -0.3 is 5.11 Å². The van der Waals surface area contributed by atoms with Crippen molar-refractivity contribution in [1.29, 1.82) is 0 Å². The minimum atomic E-state index is -1.19. The highest BCUT2D eigenvalue weighted by Crippen LogP contribution is 2.34. The first kappa shape index (κ1) is 16.8. The van der Waals surface area contributed by atoms with Crippen molar-refractivity contribution in [1.82, 2.24) is 4.90 Å². The van der Waals surface area contributed by atoms with Gasteiger partial charge in [-0.3, -0.25) is 9.69 Å². The van der Waals surface area contributed by atoms with E-state index < -0.39 is 29.5 Å². The van der Waals surface area contributed by atoms with Gasteiger partial charge in [-0.1, -0.05) is 29.8 Å². The van der Waals surface area contributed by atoms with Gasteiger partial charge in [0, 0.05) is 13.1 Å². The molecular formula is C17H13ClF3NO2. The van der Waals surface area contributed by atoms with Crippen LogP contribution in [0.3, 0.4) is 0 Å². The Hall–Kier alpha value is -2.05. The summed E-state index contributed by atoms with van der Waals surface area (Å²) in [5, 5.41) is 9.48. The van der Waals surface area contributed by atoms with Gasteiger partial charge in [0.05, 0.1) is 5.02 Å². The highest BCUT2D eigenvalue weighted by molar-refractivity contribution is 6.31. The van der Waals surface area contributed by atoms with E-state index in [1.165, 1.54) is 18.2 Å². The predicted octanol–water partition coefficient (Wildman–Crippen LogP) is 3.94. The number of benzene rings is 2. The molecule has 126 valence electrons. The number of carbonyl (C=O) groups is 1. The average Bonchev–Trinajstić information content (AvgIpc) is 2.54. The Kier molecular flexibility index (Phi) is 4.51. The Balaban J connectivity index is 1.99. The van der Waals surface area contributed by atoms with E-state index in [2.05, 4.69) is 0 Å². The number of carboxylic acids is 1. The smallest absolute Gasteiger partial charge is 0.325 e. The van der Waals surface area contributed by atoms with Crippen LogP contribution in [0.25, 0.3) is 0 Å². The van der Waals surface area contributed by atoms with Crippen molar-refractivity contribution in [3.8, 4) is 0 Å². The fourth-order valence-electron chi connectivity index (χ4n) is 3.05. The molecule has 2 aromatic rings. The second-order valence-corrected chi connectivity index (χ2v) is 5.98. The summed E-state index contributed by atoms with van der Waals surface area (Å²) in [6.45, 7) is 0.281. The zero-order valence-electron chi connectivity index (χ0n) is 12.4. The van der Waals surface area contributed by atoms with E-state index in [0.29, 0.717) is 5.56 Å². The summed E-state index contributed by atoms with van der Waals surface area (Å²) in [7, 11) is 0. The number of hydrogen-bond donors (Lipinski definition) is 1. The Morgan fingerprint density at radius 2 is 1.96 bits per heavy atom. The summed E-state index contributed by atoms with van der Waals surface area (Å²) in [5.41, 5.74) is 0.720. The van der Waals surface area contributed by atoms with E-state index >= 15 is 0 Å². The van der Waals surface area contributed by atoms with Gasteiger partial charge in [-0.05, 0) is 35.2 Å². The van der Waals surface area contributed by atoms with E-state index in [9.17, 15) is 23.1 Å². The number of hydrogen-bond acceptors (Lipinski definition) is 2. The molecule has 1 aliphatic rings. The Bertz CT molecular complexity index is 813. The highest BCUT2D eigenvalue weighted by atomic mass is 35.5. The van der Waals surface area contributed by atoms with Gasteiger partial charge in [-0.15, -0.1) is 0 Å². The van der Waals surface area contributed by atoms with Crippen LogP contribution in [0.15, 0.2) is 30.3 Å². The molecule has 7 heteroatoms. The lowest BCUT2D eigenvalue weighted by Crippen LogP contribution is -2.39. The van der Waals surface area contributed by atoms with Crippen LogP contribution in [-0.2, 0) is 17.8 Å². The van der Waals surface area contributed by atoms with Crippen molar-refractivity contribution < 1.29 is 23.1 Å². The first-order valence-electron chi connectivity index (χ1n) is 7.26. The van der Waals surface area contributed by atoms with E-state index in [1.54, 1.807) is 11.0 Å². The molecule has 1 heterocycles. The molecule has 0 radical (unpaired) electrons. The molecule has 1 aliphatic heterocycles. The molecule has 0 spiro atoms. The lowest BCUT2D eigenvalue weighted by atomic mass is 9.91.